The maximum Gasteiger partial charge on any atom is 0.336 e. The number of methoxy groups -OCH3 is 1. The van der Waals surface area contributed by atoms with E-state index < -0.39 is 61.5 Å². The first-order valence-corrected chi connectivity index (χ1v) is 15.3. The van der Waals surface area contributed by atoms with E-state index in [9.17, 15) is 49.2 Å². The molecule has 6 N–H and O–H groups in total. The first-order valence-electron chi connectivity index (χ1n) is 15.3. The third-order valence-corrected chi connectivity index (χ3v) is 7.66. The molecule has 1 aliphatic carbocycles. The first-order chi connectivity index (χ1) is 24.6. The molecule has 18 heteroatoms. The van der Waals surface area contributed by atoms with Gasteiger partial charge in [-0.15, -0.1) is 0 Å². The van der Waals surface area contributed by atoms with Crippen molar-refractivity contribution >= 4 is 46.5 Å². The Kier molecular flexibility index (Phi) is 12.2. The molecule has 0 fully saturated rings. The molecule has 1 heterocycles. The van der Waals surface area contributed by atoms with E-state index in [1.165, 1.54) is 44.4 Å². The van der Waals surface area contributed by atoms with E-state index in [1.807, 2.05) is 0 Å². The van der Waals surface area contributed by atoms with Crippen LogP contribution in [0, 0.1) is 6.92 Å². The van der Waals surface area contributed by atoms with Crippen molar-refractivity contribution in [3.8, 4) is 39.7 Å². The smallest absolute Gasteiger partial charge is 0.336 e. The van der Waals surface area contributed by atoms with Crippen LogP contribution in [0.1, 0.15) is 15.9 Å². The Balaban J connectivity index is 1.86. The molecular weight excluding hydrogens is 692 g/mol. The minimum atomic E-state index is -1.47. The summed E-state index contributed by atoms with van der Waals surface area (Å²) in [6.45, 7) is -1.88. The highest BCUT2D eigenvalue weighted by Gasteiger charge is 2.28. The van der Waals surface area contributed by atoms with Crippen LogP contribution in [0.4, 0.5) is 5.69 Å². The Bertz CT molecular complexity index is 2020. The van der Waals surface area contributed by atoms with E-state index in [1.54, 1.807) is 0 Å². The lowest BCUT2D eigenvalue weighted by Gasteiger charge is -2.26. The topological polar surface area (TPSA) is 271 Å². The zero-order valence-corrected chi connectivity index (χ0v) is 27.8. The van der Waals surface area contributed by atoms with E-state index in [0.29, 0.717) is 0 Å². The average molecular weight is 727 g/mol. The molecule has 0 amide bonds. The van der Waals surface area contributed by atoms with E-state index >= 15 is 0 Å². The van der Waals surface area contributed by atoms with Gasteiger partial charge in [-0.1, -0.05) is 0 Å². The number of hydrogen-bond donors (Lipinski definition) is 6. The van der Waals surface area contributed by atoms with Gasteiger partial charge >= 0.3 is 29.8 Å². The summed E-state index contributed by atoms with van der Waals surface area (Å²) in [5.74, 6) is -7.32. The maximum absolute atomic E-state index is 12.9. The minimum Gasteiger partial charge on any atom is -0.504 e. The number of benzene rings is 3. The number of carboxylic acids is 5. The molecule has 0 saturated carbocycles. The molecular formula is C34H34N2O16. The van der Waals surface area contributed by atoms with Crippen LogP contribution in [-0.2, 0) is 23.9 Å². The number of hydrogen-bond acceptors (Lipinski definition) is 13. The molecule has 4 rings (SSSR count). The Morgan fingerprint density at radius 1 is 0.750 bits per heavy atom. The summed E-state index contributed by atoms with van der Waals surface area (Å²) >= 11 is 0. The van der Waals surface area contributed by atoms with E-state index in [0.717, 1.165) is 15.9 Å². The zero-order valence-electron chi connectivity index (χ0n) is 27.8. The standard InChI is InChI=1S/C34H34N2O16/c1-17-7-20-25(11-23(17)37)52-26-12-24(38)28(49-2)10-21(26)33(20)18-8-22(36(15-31(43)44)16-32(45)46)27(9-19(18)34(47)48)51-6-5-50-4-3-35(13-29(39)40)14-30(41)42/h7-12,38H,3-6,13-16H2,1-2H3,(H,39,40)(H,41,42)(H,43,44)(H,45,46)(H,47,48). The summed E-state index contributed by atoms with van der Waals surface area (Å²) in [5.41, 5.74) is -0.233. The second-order valence-electron chi connectivity index (χ2n) is 11.4. The number of aryl methyl sites for hydroxylation is 1. The maximum atomic E-state index is 12.9. The third kappa shape index (κ3) is 9.23. The van der Waals surface area contributed by atoms with Gasteiger partial charge < -0.3 is 54.2 Å². The van der Waals surface area contributed by atoms with Crippen molar-refractivity contribution < 1.29 is 73.2 Å². The van der Waals surface area contributed by atoms with Crippen molar-refractivity contribution in [2.45, 2.75) is 6.92 Å². The zero-order chi connectivity index (χ0) is 38.3. The van der Waals surface area contributed by atoms with E-state index in [2.05, 4.69) is 0 Å². The molecule has 1 aliphatic heterocycles. The number of phenols is 1. The van der Waals surface area contributed by atoms with Crippen LogP contribution in [-0.4, -0.2) is 125 Å². The van der Waals surface area contributed by atoms with Crippen LogP contribution in [0.5, 0.6) is 17.2 Å². The average Bonchev–Trinajstić information content (AvgIpc) is 3.04. The lowest BCUT2D eigenvalue weighted by atomic mass is 9.89. The number of rotatable bonds is 19. The van der Waals surface area contributed by atoms with Crippen LogP contribution in [0.15, 0.2) is 45.6 Å². The summed E-state index contributed by atoms with van der Waals surface area (Å²) in [5, 5.41) is 58.6. The van der Waals surface area contributed by atoms with Crippen molar-refractivity contribution in [3.05, 3.63) is 57.7 Å². The molecule has 0 bridgehead atoms. The summed E-state index contributed by atoms with van der Waals surface area (Å²) in [6, 6.07) is 7.59. The normalized spacial score (nSPS) is 11.1. The van der Waals surface area contributed by atoms with Crippen molar-refractivity contribution in [1.29, 1.82) is 0 Å². The molecule has 0 aromatic heterocycles. The van der Waals surface area contributed by atoms with Gasteiger partial charge in [0.25, 0.3) is 0 Å². The predicted octanol–water partition coefficient (Wildman–Crippen LogP) is 2.13. The van der Waals surface area contributed by atoms with Crippen LogP contribution in [0.25, 0.3) is 33.4 Å². The van der Waals surface area contributed by atoms with E-state index in [-0.39, 0.29) is 93.8 Å². The van der Waals surface area contributed by atoms with E-state index in [4.69, 9.17) is 28.8 Å². The fourth-order valence-electron chi connectivity index (χ4n) is 5.47. The minimum absolute atomic E-state index is 0.00931. The number of carbonyl (C=O) groups is 5. The molecule has 2 aromatic rings. The highest BCUT2D eigenvalue weighted by Crippen LogP contribution is 2.47. The predicted molar refractivity (Wildman–Crippen MR) is 180 cm³/mol. The van der Waals surface area contributed by atoms with Crippen molar-refractivity contribution in [2.24, 2.45) is 0 Å². The van der Waals surface area contributed by atoms with Gasteiger partial charge in [0.2, 0.25) is 0 Å². The number of carboxylic acid groups (broad SMARTS) is 5. The molecule has 2 aromatic carbocycles. The lowest BCUT2D eigenvalue weighted by molar-refractivity contribution is -0.142. The van der Waals surface area contributed by atoms with Crippen molar-refractivity contribution in [2.75, 3.05) is 64.6 Å². The number of nitrogens with zero attached hydrogens (tertiary/aromatic N) is 2. The van der Waals surface area contributed by atoms with Gasteiger partial charge in [-0.25, -0.2) is 4.79 Å². The second-order valence-corrected chi connectivity index (χ2v) is 11.4. The number of fused-ring (bicyclic) bond motifs is 2. The van der Waals surface area contributed by atoms with Gasteiger partial charge in [-0.2, -0.15) is 0 Å². The number of aromatic carboxylic acids is 1. The van der Waals surface area contributed by atoms with Crippen LogP contribution in [0.2, 0.25) is 0 Å². The number of phenolic OH excluding ortho intramolecular Hbond substituents is 1. The van der Waals surface area contributed by atoms with Crippen LogP contribution in [0.3, 0.4) is 0 Å². The first kappa shape index (κ1) is 38.4. The van der Waals surface area contributed by atoms with Gasteiger partial charge in [-0.3, -0.25) is 28.9 Å². The number of ether oxygens (including phenoxy) is 3. The van der Waals surface area contributed by atoms with Gasteiger partial charge in [0.1, 0.15) is 36.8 Å². The quantitative estimate of drug-likeness (QED) is 0.0596. The molecule has 2 aliphatic rings. The molecule has 0 spiro atoms. The number of aliphatic carboxylic acids is 4. The number of anilines is 1. The van der Waals surface area contributed by atoms with Crippen molar-refractivity contribution in [3.63, 3.8) is 0 Å². The fourth-order valence-corrected chi connectivity index (χ4v) is 5.47. The van der Waals surface area contributed by atoms with Gasteiger partial charge in [0, 0.05) is 35.2 Å². The molecule has 0 atom stereocenters. The second kappa shape index (κ2) is 16.5. The molecule has 0 radical (unpaired) electrons. The molecule has 0 saturated heterocycles. The van der Waals surface area contributed by atoms with Gasteiger partial charge in [-0.05, 0) is 42.3 Å². The Morgan fingerprint density at radius 3 is 1.96 bits per heavy atom. The summed E-state index contributed by atoms with van der Waals surface area (Å²) < 4.78 is 22.5. The molecule has 18 nitrogen and oxygen atoms in total. The van der Waals surface area contributed by atoms with Crippen LogP contribution >= 0.6 is 0 Å². The lowest BCUT2D eigenvalue weighted by Crippen LogP contribution is -2.37. The summed E-state index contributed by atoms with van der Waals surface area (Å²) in [7, 11) is 1.29. The summed E-state index contributed by atoms with van der Waals surface area (Å²) in [4.78, 5) is 73.5. The highest BCUT2D eigenvalue weighted by molar-refractivity contribution is 6.09. The molecule has 52 heavy (non-hydrogen) atoms. The Morgan fingerprint density at radius 2 is 1.38 bits per heavy atom. The Labute approximate surface area is 293 Å². The van der Waals surface area contributed by atoms with Crippen molar-refractivity contribution in [1.82, 2.24) is 4.90 Å². The summed E-state index contributed by atoms with van der Waals surface area (Å²) in [6.07, 6.45) is 0. The largest absolute Gasteiger partial charge is 0.504 e. The number of aromatic hydroxyl groups is 1. The highest BCUT2D eigenvalue weighted by atomic mass is 16.5. The van der Waals surface area contributed by atoms with Gasteiger partial charge in [0.05, 0.1) is 44.7 Å². The van der Waals surface area contributed by atoms with Crippen LogP contribution < -0.4 is 19.8 Å². The van der Waals surface area contributed by atoms with Gasteiger partial charge in [0.15, 0.2) is 16.9 Å². The molecule has 0 unspecified atom stereocenters. The Hall–Kier alpha value is -6.40. The fraction of sp³-hybridized carbons (Fsp3) is 0.294. The molecule has 276 valence electrons. The SMILES string of the molecule is COc1cc2c(-c3cc(N(CC(=O)O)CC(=O)O)c(OCCOCCN(CC(=O)O)CC(=O)O)cc3C(=O)O)c3cc(C)c(=O)cc-3oc2cc1O. The monoisotopic (exact) mass is 726 g/mol. The third-order valence-electron chi connectivity index (χ3n) is 7.66.